The van der Waals surface area contributed by atoms with E-state index in [0.717, 1.165) is 23.5 Å². The highest BCUT2D eigenvalue weighted by Gasteiger charge is 2.30. The van der Waals surface area contributed by atoms with Gasteiger partial charge in [0.15, 0.2) is 0 Å². The molecule has 0 aliphatic rings. The quantitative estimate of drug-likeness (QED) is 0.873. The molecule has 0 atom stereocenters. The Kier molecular flexibility index (Phi) is 5.63. The number of nitrogens with zero attached hydrogens (tertiary/aromatic N) is 3. The fraction of sp³-hybridized carbons (Fsp3) is 0.375. The number of rotatable bonds is 5. The van der Waals surface area contributed by atoms with Crippen molar-refractivity contribution in [2.75, 3.05) is 11.4 Å². The molecule has 0 saturated carbocycles. The number of carbonyl (C=O) groups is 1. The van der Waals surface area contributed by atoms with E-state index in [0.29, 0.717) is 17.1 Å². The number of anilines is 1. The molecule has 0 fully saturated rings. The molecule has 1 N–H and O–H groups in total. The molecule has 10 heteroatoms. The van der Waals surface area contributed by atoms with Crippen molar-refractivity contribution in [3.63, 3.8) is 0 Å². The van der Waals surface area contributed by atoms with Crippen molar-refractivity contribution in [1.82, 2.24) is 14.5 Å². The first-order valence-electron chi connectivity index (χ1n) is 7.84. The molecule has 2 aromatic rings. The topological polar surface area (TPSA) is 88.1 Å². The summed E-state index contributed by atoms with van der Waals surface area (Å²) in [6.07, 6.45) is -3.22. The molecule has 1 aromatic heterocycles. The Labute approximate surface area is 146 Å². The standard InChI is InChI=1S/C16H17F3N4O3/c1-3-4-8-22(10(2)24)13-20-14(25)23(15(26)21-13)12-7-5-6-11(9-12)16(17,18)19/h5-7,9H,3-4,8H2,1-2H3,(H,20,21,25,26). The number of amides is 1. The third kappa shape index (κ3) is 4.19. The van der Waals surface area contributed by atoms with Crippen molar-refractivity contribution >= 4 is 11.9 Å². The summed E-state index contributed by atoms with van der Waals surface area (Å²) in [6.45, 7) is 3.41. The van der Waals surface area contributed by atoms with Crippen LogP contribution >= 0.6 is 0 Å². The number of unbranched alkanes of at least 4 members (excludes halogenated alkanes) is 1. The number of carbonyl (C=O) groups excluding carboxylic acids is 1. The largest absolute Gasteiger partial charge is 0.416 e. The van der Waals surface area contributed by atoms with Crippen LogP contribution in [0.25, 0.3) is 5.69 Å². The molecular formula is C16H17F3N4O3. The van der Waals surface area contributed by atoms with Crippen LogP contribution in [0.2, 0.25) is 0 Å². The van der Waals surface area contributed by atoms with Gasteiger partial charge >= 0.3 is 17.6 Å². The van der Waals surface area contributed by atoms with Gasteiger partial charge < -0.3 is 0 Å². The maximum absolute atomic E-state index is 12.8. The molecule has 26 heavy (non-hydrogen) atoms. The molecule has 0 aliphatic carbocycles. The lowest BCUT2D eigenvalue weighted by Crippen LogP contribution is -2.41. The van der Waals surface area contributed by atoms with Crippen molar-refractivity contribution < 1.29 is 18.0 Å². The molecule has 0 spiro atoms. The lowest BCUT2D eigenvalue weighted by molar-refractivity contribution is -0.137. The maximum Gasteiger partial charge on any atom is 0.416 e. The lowest BCUT2D eigenvalue weighted by Gasteiger charge is -2.19. The number of hydrogen-bond acceptors (Lipinski definition) is 4. The van der Waals surface area contributed by atoms with Gasteiger partial charge in [-0.3, -0.25) is 14.7 Å². The van der Waals surface area contributed by atoms with E-state index >= 15 is 0 Å². The van der Waals surface area contributed by atoms with Crippen LogP contribution in [-0.4, -0.2) is 27.0 Å². The van der Waals surface area contributed by atoms with Crippen molar-refractivity contribution in [2.24, 2.45) is 0 Å². The molecule has 1 amide bonds. The first kappa shape index (κ1) is 19.4. The SMILES string of the molecule is CCCCN(C(C)=O)c1nc(=O)n(-c2cccc(C(F)(F)F)c2)c(=O)[nH]1. The van der Waals surface area contributed by atoms with Gasteiger partial charge in [-0.2, -0.15) is 18.2 Å². The van der Waals surface area contributed by atoms with Crippen molar-refractivity contribution in [3.8, 4) is 5.69 Å². The number of H-pyrrole nitrogens is 1. The average Bonchev–Trinajstić information content (AvgIpc) is 2.54. The zero-order chi connectivity index (χ0) is 19.5. The summed E-state index contributed by atoms with van der Waals surface area (Å²) in [4.78, 5) is 43.3. The molecule has 140 valence electrons. The minimum absolute atomic E-state index is 0.232. The van der Waals surface area contributed by atoms with Crippen LogP contribution in [0.4, 0.5) is 19.1 Å². The minimum atomic E-state index is -4.62. The first-order valence-corrected chi connectivity index (χ1v) is 7.84. The Morgan fingerprint density at radius 1 is 1.31 bits per heavy atom. The van der Waals surface area contributed by atoms with E-state index in [-0.39, 0.29) is 18.2 Å². The lowest BCUT2D eigenvalue weighted by atomic mass is 10.2. The summed E-state index contributed by atoms with van der Waals surface area (Å²) < 4.78 is 39.0. The molecule has 0 radical (unpaired) electrons. The van der Waals surface area contributed by atoms with Gasteiger partial charge in [-0.1, -0.05) is 19.4 Å². The van der Waals surface area contributed by atoms with Gasteiger partial charge in [-0.15, -0.1) is 0 Å². The fourth-order valence-corrected chi connectivity index (χ4v) is 2.31. The second kappa shape index (κ2) is 7.54. The van der Waals surface area contributed by atoms with E-state index in [9.17, 15) is 27.6 Å². The Hall–Kier alpha value is -2.91. The number of nitrogens with one attached hydrogen (secondary N) is 1. The second-order valence-corrected chi connectivity index (χ2v) is 5.56. The third-order valence-electron chi connectivity index (χ3n) is 3.62. The van der Waals surface area contributed by atoms with Gasteiger partial charge in [-0.25, -0.2) is 14.2 Å². The molecule has 2 rings (SSSR count). The Morgan fingerprint density at radius 2 is 2.00 bits per heavy atom. The summed E-state index contributed by atoms with van der Waals surface area (Å²) in [5.74, 6) is -0.651. The fourth-order valence-electron chi connectivity index (χ4n) is 2.31. The number of halogens is 3. The molecular weight excluding hydrogens is 353 g/mol. The van der Waals surface area contributed by atoms with Gasteiger partial charge in [-0.05, 0) is 24.6 Å². The summed E-state index contributed by atoms with van der Waals surface area (Å²) in [7, 11) is 0. The van der Waals surface area contributed by atoms with Gasteiger partial charge in [0.2, 0.25) is 11.9 Å². The predicted octanol–water partition coefficient (Wildman–Crippen LogP) is 2.09. The number of aromatic nitrogens is 3. The zero-order valence-corrected chi connectivity index (χ0v) is 14.1. The Balaban J connectivity index is 2.53. The summed E-state index contributed by atoms with van der Waals surface area (Å²) >= 11 is 0. The molecule has 0 bridgehead atoms. The highest BCUT2D eigenvalue weighted by molar-refractivity contribution is 5.89. The highest BCUT2D eigenvalue weighted by atomic mass is 19.4. The van der Waals surface area contributed by atoms with Gasteiger partial charge in [0.25, 0.3) is 0 Å². The molecule has 0 aliphatic heterocycles. The predicted molar refractivity (Wildman–Crippen MR) is 88.4 cm³/mol. The number of benzene rings is 1. The van der Waals surface area contributed by atoms with E-state index in [1.54, 1.807) is 0 Å². The average molecular weight is 370 g/mol. The van der Waals surface area contributed by atoms with Crippen LogP contribution in [-0.2, 0) is 11.0 Å². The van der Waals surface area contributed by atoms with Crippen molar-refractivity contribution in [1.29, 1.82) is 0 Å². The van der Waals surface area contributed by atoms with Crippen LogP contribution in [0.5, 0.6) is 0 Å². The molecule has 0 unspecified atom stereocenters. The number of alkyl halides is 3. The van der Waals surface area contributed by atoms with E-state index in [4.69, 9.17) is 0 Å². The van der Waals surface area contributed by atoms with Gasteiger partial charge in [0.05, 0.1) is 11.3 Å². The monoisotopic (exact) mass is 370 g/mol. The van der Waals surface area contributed by atoms with E-state index in [2.05, 4.69) is 9.97 Å². The van der Waals surface area contributed by atoms with Gasteiger partial charge in [0.1, 0.15) is 0 Å². The third-order valence-corrected chi connectivity index (χ3v) is 3.62. The van der Waals surface area contributed by atoms with Crippen LogP contribution < -0.4 is 16.3 Å². The zero-order valence-electron chi connectivity index (χ0n) is 14.1. The normalized spacial score (nSPS) is 11.4. The molecule has 7 nitrogen and oxygen atoms in total. The van der Waals surface area contributed by atoms with Crippen LogP contribution in [0.15, 0.2) is 33.9 Å². The molecule has 1 aromatic carbocycles. The first-order chi connectivity index (χ1) is 12.1. The van der Waals surface area contributed by atoms with E-state index < -0.39 is 29.0 Å². The second-order valence-electron chi connectivity index (χ2n) is 5.56. The summed E-state index contributed by atoms with van der Waals surface area (Å²) in [5, 5.41) is 0. The highest BCUT2D eigenvalue weighted by Crippen LogP contribution is 2.29. The van der Waals surface area contributed by atoms with Crippen LogP contribution in [0.3, 0.4) is 0 Å². The van der Waals surface area contributed by atoms with Crippen LogP contribution in [0, 0.1) is 0 Å². The molecule has 1 heterocycles. The number of aromatic amines is 1. The summed E-state index contributed by atoms with van der Waals surface area (Å²) in [6, 6.07) is 3.78. The Bertz CT molecular complexity index is 887. The van der Waals surface area contributed by atoms with Gasteiger partial charge in [0, 0.05) is 13.5 Å². The summed E-state index contributed by atoms with van der Waals surface area (Å²) in [5.41, 5.74) is -3.33. The van der Waals surface area contributed by atoms with Crippen LogP contribution in [0.1, 0.15) is 32.3 Å². The van der Waals surface area contributed by atoms with E-state index in [1.807, 2.05) is 6.92 Å². The number of hydrogen-bond donors (Lipinski definition) is 1. The van der Waals surface area contributed by atoms with Crippen molar-refractivity contribution in [3.05, 3.63) is 50.8 Å². The molecule has 0 saturated heterocycles. The Morgan fingerprint density at radius 3 is 2.54 bits per heavy atom. The van der Waals surface area contributed by atoms with E-state index in [1.165, 1.54) is 13.0 Å². The minimum Gasteiger partial charge on any atom is -0.282 e. The van der Waals surface area contributed by atoms with Crippen molar-refractivity contribution in [2.45, 2.75) is 32.9 Å². The smallest absolute Gasteiger partial charge is 0.282 e. The maximum atomic E-state index is 12.8.